The van der Waals surface area contributed by atoms with Gasteiger partial charge in [-0.3, -0.25) is 4.79 Å². The maximum atomic E-state index is 11.4. The van der Waals surface area contributed by atoms with Crippen LogP contribution in [0.3, 0.4) is 0 Å². The highest BCUT2D eigenvalue weighted by molar-refractivity contribution is 5.67. The molecule has 0 bridgehead atoms. The smallest absolute Gasteiger partial charge is 0.266 e. The molecule has 17 heavy (non-hydrogen) atoms. The first-order valence-corrected chi connectivity index (χ1v) is 4.97. The standard InChI is InChI=1S/C12H10N4O/c1-7-10(4-9(5-13)12(17)16-7)8-2-3-11(14)15-6-8/h2-4,6H,1H3,(H2,14,15)(H,16,17). The van der Waals surface area contributed by atoms with Gasteiger partial charge in [0.2, 0.25) is 0 Å². The summed E-state index contributed by atoms with van der Waals surface area (Å²) in [6.07, 6.45) is 1.61. The van der Waals surface area contributed by atoms with Crippen LogP contribution in [-0.4, -0.2) is 9.97 Å². The number of nitrogen functional groups attached to an aromatic ring is 1. The second-order valence-corrected chi connectivity index (χ2v) is 3.63. The molecule has 0 saturated heterocycles. The first-order valence-electron chi connectivity index (χ1n) is 4.97. The lowest BCUT2D eigenvalue weighted by atomic mass is 10.0. The molecule has 0 unspecified atom stereocenters. The van der Waals surface area contributed by atoms with Crippen LogP contribution in [0, 0.1) is 18.3 Å². The number of H-pyrrole nitrogens is 1. The van der Waals surface area contributed by atoms with Crippen molar-refractivity contribution in [1.82, 2.24) is 9.97 Å². The van der Waals surface area contributed by atoms with Gasteiger partial charge in [0.15, 0.2) is 0 Å². The summed E-state index contributed by atoms with van der Waals surface area (Å²) in [4.78, 5) is 18.0. The predicted molar refractivity (Wildman–Crippen MR) is 64.2 cm³/mol. The van der Waals surface area contributed by atoms with Crippen molar-refractivity contribution in [3.8, 4) is 17.2 Å². The molecule has 0 fully saturated rings. The topological polar surface area (TPSA) is 95.6 Å². The van der Waals surface area contributed by atoms with Gasteiger partial charge in [0, 0.05) is 23.0 Å². The molecule has 84 valence electrons. The molecule has 0 radical (unpaired) electrons. The van der Waals surface area contributed by atoms with E-state index in [1.165, 1.54) is 0 Å². The zero-order chi connectivity index (χ0) is 12.4. The van der Waals surface area contributed by atoms with Gasteiger partial charge in [0.25, 0.3) is 5.56 Å². The van der Waals surface area contributed by atoms with E-state index in [1.807, 2.05) is 6.07 Å². The summed E-state index contributed by atoms with van der Waals surface area (Å²) in [5.74, 6) is 0.427. The lowest BCUT2D eigenvalue weighted by Crippen LogP contribution is -2.12. The second-order valence-electron chi connectivity index (χ2n) is 3.63. The third kappa shape index (κ3) is 2.01. The monoisotopic (exact) mass is 226 g/mol. The number of nitrogens with one attached hydrogen (secondary N) is 1. The van der Waals surface area contributed by atoms with Gasteiger partial charge in [-0.15, -0.1) is 0 Å². The number of anilines is 1. The average molecular weight is 226 g/mol. The number of nitrogens with two attached hydrogens (primary N) is 1. The number of pyridine rings is 2. The first-order chi connectivity index (χ1) is 8.11. The maximum absolute atomic E-state index is 11.4. The number of rotatable bonds is 1. The summed E-state index contributed by atoms with van der Waals surface area (Å²) in [6, 6.07) is 6.88. The summed E-state index contributed by atoms with van der Waals surface area (Å²) >= 11 is 0. The van der Waals surface area contributed by atoms with Crippen LogP contribution in [0.5, 0.6) is 0 Å². The van der Waals surface area contributed by atoms with E-state index in [4.69, 9.17) is 11.0 Å². The quantitative estimate of drug-likeness (QED) is 0.763. The largest absolute Gasteiger partial charge is 0.384 e. The molecular weight excluding hydrogens is 216 g/mol. The summed E-state index contributed by atoms with van der Waals surface area (Å²) in [7, 11) is 0. The fourth-order valence-electron chi connectivity index (χ4n) is 1.57. The minimum Gasteiger partial charge on any atom is -0.384 e. The van der Waals surface area contributed by atoms with Crippen molar-refractivity contribution >= 4 is 5.82 Å². The summed E-state index contributed by atoms with van der Waals surface area (Å²) in [5, 5.41) is 8.82. The molecule has 0 spiro atoms. The Morgan fingerprint density at radius 1 is 1.47 bits per heavy atom. The van der Waals surface area contributed by atoms with Crippen LogP contribution < -0.4 is 11.3 Å². The Kier molecular flexibility index (Phi) is 2.63. The van der Waals surface area contributed by atoms with Gasteiger partial charge in [0.05, 0.1) is 0 Å². The molecule has 5 nitrogen and oxygen atoms in total. The molecule has 2 aromatic heterocycles. The van der Waals surface area contributed by atoms with Gasteiger partial charge in [-0.1, -0.05) is 0 Å². The molecular formula is C12H10N4O. The number of aryl methyl sites for hydroxylation is 1. The van der Waals surface area contributed by atoms with Gasteiger partial charge in [0.1, 0.15) is 17.5 Å². The Morgan fingerprint density at radius 2 is 2.24 bits per heavy atom. The van der Waals surface area contributed by atoms with Crippen LogP contribution in [-0.2, 0) is 0 Å². The van der Waals surface area contributed by atoms with Gasteiger partial charge < -0.3 is 10.7 Å². The van der Waals surface area contributed by atoms with Crippen molar-refractivity contribution < 1.29 is 0 Å². The van der Waals surface area contributed by atoms with Crippen molar-refractivity contribution in [3.05, 3.63) is 46.0 Å². The van der Waals surface area contributed by atoms with Crippen molar-refractivity contribution in [1.29, 1.82) is 5.26 Å². The normalized spacial score (nSPS) is 9.88. The second kappa shape index (κ2) is 4.10. The van der Waals surface area contributed by atoms with Crippen LogP contribution in [0.4, 0.5) is 5.82 Å². The van der Waals surface area contributed by atoms with Crippen LogP contribution >= 0.6 is 0 Å². The van der Waals surface area contributed by atoms with E-state index in [9.17, 15) is 4.79 Å². The van der Waals surface area contributed by atoms with Crippen LogP contribution in [0.1, 0.15) is 11.3 Å². The molecule has 0 aromatic carbocycles. The van der Waals surface area contributed by atoms with Gasteiger partial charge >= 0.3 is 0 Å². The highest BCUT2D eigenvalue weighted by Crippen LogP contribution is 2.21. The number of aromatic amines is 1. The van der Waals surface area contributed by atoms with Gasteiger partial charge in [-0.2, -0.15) is 5.26 Å². The first kappa shape index (κ1) is 10.9. The van der Waals surface area contributed by atoms with Crippen LogP contribution in [0.2, 0.25) is 0 Å². The number of nitriles is 1. The minimum absolute atomic E-state index is 0.0856. The highest BCUT2D eigenvalue weighted by Gasteiger charge is 2.07. The van der Waals surface area contributed by atoms with Crippen molar-refractivity contribution in [2.45, 2.75) is 6.92 Å². The summed E-state index contributed by atoms with van der Waals surface area (Å²) in [5.41, 5.74) is 7.49. The molecule has 5 heteroatoms. The molecule has 2 heterocycles. The third-order valence-electron chi connectivity index (χ3n) is 2.46. The van der Waals surface area contributed by atoms with E-state index in [-0.39, 0.29) is 11.1 Å². The van der Waals surface area contributed by atoms with Gasteiger partial charge in [-0.25, -0.2) is 4.98 Å². The van der Waals surface area contributed by atoms with Crippen LogP contribution in [0.25, 0.3) is 11.1 Å². The van der Waals surface area contributed by atoms with E-state index in [0.717, 1.165) is 11.1 Å². The lowest BCUT2D eigenvalue weighted by molar-refractivity contribution is 1.13. The third-order valence-corrected chi connectivity index (χ3v) is 2.46. The Hall–Kier alpha value is -2.61. The minimum atomic E-state index is -0.378. The number of nitrogens with zero attached hydrogens (tertiary/aromatic N) is 2. The Balaban J connectivity index is 2.64. The van der Waals surface area contributed by atoms with Gasteiger partial charge in [-0.05, 0) is 25.1 Å². The molecule has 0 aliphatic carbocycles. The predicted octanol–water partition coefficient (Wildman–Crippen LogP) is 1.20. The molecule has 2 aromatic rings. The molecule has 0 aliphatic rings. The molecule has 0 saturated carbocycles. The number of hydrogen-bond acceptors (Lipinski definition) is 4. The lowest BCUT2D eigenvalue weighted by Gasteiger charge is -2.05. The van der Waals surface area contributed by atoms with Crippen molar-refractivity contribution in [3.63, 3.8) is 0 Å². The Bertz CT molecular complexity index is 650. The fourth-order valence-corrected chi connectivity index (χ4v) is 1.57. The molecule has 0 aliphatic heterocycles. The van der Waals surface area contributed by atoms with E-state index in [2.05, 4.69) is 9.97 Å². The Morgan fingerprint density at radius 3 is 2.82 bits per heavy atom. The maximum Gasteiger partial charge on any atom is 0.266 e. The molecule has 2 rings (SSSR count). The van der Waals surface area contributed by atoms with E-state index in [0.29, 0.717) is 11.5 Å². The fraction of sp³-hybridized carbons (Fsp3) is 0.0833. The SMILES string of the molecule is Cc1[nH]c(=O)c(C#N)cc1-c1ccc(N)nc1. The molecule has 0 amide bonds. The molecule has 3 N–H and O–H groups in total. The highest BCUT2D eigenvalue weighted by atomic mass is 16.1. The summed E-state index contributed by atoms with van der Waals surface area (Å²) in [6.45, 7) is 1.77. The zero-order valence-corrected chi connectivity index (χ0v) is 9.19. The van der Waals surface area contributed by atoms with Crippen molar-refractivity contribution in [2.75, 3.05) is 5.73 Å². The zero-order valence-electron chi connectivity index (χ0n) is 9.19. The van der Waals surface area contributed by atoms with Crippen LogP contribution in [0.15, 0.2) is 29.2 Å². The number of aromatic nitrogens is 2. The number of hydrogen-bond donors (Lipinski definition) is 2. The molecule has 0 atom stereocenters. The van der Waals surface area contributed by atoms with E-state index < -0.39 is 0 Å². The van der Waals surface area contributed by atoms with E-state index >= 15 is 0 Å². The summed E-state index contributed by atoms with van der Waals surface area (Å²) < 4.78 is 0. The average Bonchev–Trinajstić information content (AvgIpc) is 2.31. The Labute approximate surface area is 97.6 Å². The van der Waals surface area contributed by atoms with E-state index in [1.54, 1.807) is 31.3 Å². The van der Waals surface area contributed by atoms with Crippen molar-refractivity contribution in [2.24, 2.45) is 0 Å².